The third-order valence-corrected chi connectivity index (χ3v) is 4.88. The van der Waals surface area contributed by atoms with Crippen LogP contribution in [0.15, 0.2) is 24.3 Å². The van der Waals surface area contributed by atoms with Crippen molar-refractivity contribution in [3.63, 3.8) is 0 Å². The highest BCUT2D eigenvalue weighted by molar-refractivity contribution is 5.53. The van der Waals surface area contributed by atoms with Gasteiger partial charge in [0.2, 0.25) is 5.95 Å². The molecule has 2 rings (SSSR count). The number of anilines is 2. The topological polar surface area (TPSA) is 93.3 Å². The minimum atomic E-state index is 0.144. The summed E-state index contributed by atoms with van der Waals surface area (Å²) in [4.78, 5) is 9.06. The monoisotopic (exact) mass is 386 g/mol. The van der Waals surface area contributed by atoms with Crippen molar-refractivity contribution in [2.24, 2.45) is 0 Å². The number of para-hydroxylation sites is 1. The third kappa shape index (κ3) is 6.09. The van der Waals surface area contributed by atoms with Gasteiger partial charge < -0.3 is 20.9 Å². The molecule has 0 amide bonds. The zero-order chi connectivity index (χ0) is 20.4. The second kappa shape index (κ2) is 11.5. The van der Waals surface area contributed by atoms with Crippen molar-refractivity contribution in [3.8, 4) is 5.75 Å². The third-order valence-electron chi connectivity index (χ3n) is 4.88. The minimum absolute atomic E-state index is 0.144. The standard InChI is InChI=1S/C22H34N4O2/c1-4-6-11-17(13-14-27)24-21-18(19(9-5-2)25-22(23)26-21)15-16-10-7-8-12-20(16)28-3/h7-8,10,12,17,27H,4-6,9,11,13-15H2,1-3H3,(H3,23,24,25,26)/t17-/m0/s1. The van der Waals surface area contributed by atoms with Crippen LogP contribution in [0.1, 0.15) is 62.8 Å². The molecule has 1 aromatic carbocycles. The SMILES string of the molecule is CCCC[C@@H](CCO)Nc1nc(N)nc(CCC)c1Cc1ccccc1OC. The van der Waals surface area contributed by atoms with Gasteiger partial charge in [0.05, 0.1) is 12.8 Å². The van der Waals surface area contributed by atoms with Gasteiger partial charge in [0.25, 0.3) is 0 Å². The summed E-state index contributed by atoms with van der Waals surface area (Å²) in [6.45, 7) is 4.45. The van der Waals surface area contributed by atoms with Crippen LogP contribution in [-0.2, 0) is 12.8 Å². The smallest absolute Gasteiger partial charge is 0.222 e. The van der Waals surface area contributed by atoms with E-state index in [4.69, 9.17) is 10.5 Å². The summed E-state index contributed by atoms with van der Waals surface area (Å²) in [6.07, 6.45) is 6.36. The van der Waals surface area contributed by atoms with Gasteiger partial charge in [0, 0.05) is 24.6 Å². The van der Waals surface area contributed by atoms with Crippen LogP contribution in [0.2, 0.25) is 0 Å². The molecule has 0 spiro atoms. The molecule has 0 bridgehead atoms. The molecule has 1 heterocycles. The summed E-state index contributed by atoms with van der Waals surface area (Å²) in [5.74, 6) is 1.91. The second-order valence-corrected chi connectivity index (χ2v) is 7.09. The quantitative estimate of drug-likeness (QED) is 0.511. The molecule has 1 aromatic heterocycles. The van der Waals surface area contributed by atoms with Gasteiger partial charge in [-0.3, -0.25) is 0 Å². The largest absolute Gasteiger partial charge is 0.496 e. The van der Waals surface area contributed by atoms with Gasteiger partial charge in [-0.1, -0.05) is 51.3 Å². The summed E-state index contributed by atoms with van der Waals surface area (Å²) in [5.41, 5.74) is 9.14. The van der Waals surface area contributed by atoms with E-state index in [9.17, 15) is 5.11 Å². The Kier molecular flexibility index (Phi) is 9.01. The average molecular weight is 387 g/mol. The molecule has 0 aliphatic rings. The van der Waals surface area contributed by atoms with Crippen molar-refractivity contribution in [1.29, 1.82) is 0 Å². The van der Waals surface area contributed by atoms with E-state index < -0.39 is 0 Å². The van der Waals surface area contributed by atoms with Crippen molar-refractivity contribution in [3.05, 3.63) is 41.1 Å². The van der Waals surface area contributed by atoms with E-state index in [0.29, 0.717) is 12.8 Å². The number of nitrogens with one attached hydrogen (secondary N) is 1. The number of aryl methyl sites for hydroxylation is 1. The first-order chi connectivity index (χ1) is 13.6. The zero-order valence-electron chi connectivity index (χ0n) is 17.4. The van der Waals surface area contributed by atoms with Crippen LogP contribution in [-0.4, -0.2) is 34.8 Å². The lowest BCUT2D eigenvalue weighted by Gasteiger charge is -2.22. The Bertz CT molecular complexity index is 736. The van der Waals surface area contributed by atoms with E-state index >= 15 is 0 Å². The predicted octanol–water partition coefficient (Wildman–Crippen LogP) is 3.96. The van der Waals surface area contributed by atoms with Crippen LogP contribution in [0, 0.1) is 0 Å². The Morgan fingerprint density at radius 1 is 1.14 bits per heavy atom. The van der Waals surface area contributed by atoms with E-state index in [1.54, 1.807) is 7.11 Å². The van der Waals surface area contributed by atoms with E-state index in [2.05, 4.69) is 35.2 Å². The number of aliphatic hydroxyl groups is 1. The van der Waals surface area contributed by atoms with Crippen molar-refractivity contribution in [2.75, 3.05) is 24.8 Å². The fourth-order valence-electron chi connectivity index (χ4n) is 3.43. The Balaban J connectivity index is 2.42. The maximum Gasteiger partial charge on any atom is 0.222 e. The van der Waals surface area contributed by atoms with Crippen LogP contribution in [0.4, 0.5) is 11.8 Å². The molecule has 1 atom stereocenters. The van der Waals surface area contributed by atoms with Gasteiger partial charge in [-0.05, 0) is 30.9 Å². The molecular weight excluding hydrogens is 352 g/mol. The van der Waals surface area contributed by atoms with Gasteiger partial charge in [-0.15, -0.1) is 0 Å². The van der Waals surface area contributed by atoms with E-state index in [-0.39, 0.29) is 18.6 Å². The molecule has 28 heavy (non-hydrogen) atoms. The van der Waals surface area contributed by atoms with Crippen molar-refractivity contribution >= 4 is 11.8 Å². The van der Waals surface area contributed by atoms with E-state index in [1.165, 1.54) is 0 Å². The molecule has 0 saturated heterocycles. The molecule has 2 aromatic rings. The molecule has 0 fully saturated rings. The number of methoxy groups -OCH3 is 1. The second-order valence-electron chi connectivity index (χ2n) is 7.09. The van der Waals surface area contributed by atoms with Gasteiger partial charge >= 0.3 is 0 Å². The van der Waals surface area contributed by atoms with Crippen LogP contribution in [0.5, 0.6) is 5.75 Å². The lowest BCUT2D eigenvalue weighted by Crippen LogP contribution is -2.24. The first-order valence-corrected chi connectivity index (χ1v) is 10.3. The normalized spacial score (nSPS) is 12.0. The number of benzene rings is 1. The molecule has 154 valence electrons. The van der Waals surface area contributed by atoms with Gasteiger partial charge in [-0.2, -0.15) is 4.98 Å². The zero-order valence-corrected chi connectivity index (χ0v) is 17.4. The lowest BCUT2D eigenvalue weighted by atomic mass is 9.99. The number of rotatable bonds is 12. The Morgan fingerprint density at radius 2 is 1.93 bits per heavy atom. The summed E-state index contributed by atoms with van der Waals surface area (Å²) in [6, 6.07) is 8.17. The maximum absolute atomic E-state index is 9.47. The highest BCUT2D eigenvalue weighted by Gasteiger charge is 2.18. The number of aromatic nitrogens is 2. The summed E-state index contributed by atoms with van der Waals surface area (Å²) in [5, 5.41) is 13.0. The summed E-state index contributed by atoms with van der Waals surface area (Å²) < 4.78 is 5.53. The van der Waals surface area contributed by atoms with Crippen LogP contribution < -0.4 is 15.8 Å². The molecule has 0 saturated carbocycles. The lowest BCUT2D eigenvalue weighted by molar-refractivity contribution is 0.276. The fraction of sp³-hybridized carbons (Fsp3) is 0.545. The van der Waals surface area contributed by atoms with Crippen molar-refractivity contribution in [2.45, 2.75) is 64.8 Å². The molecule has 0 aliphatic carbocycles. The first kappa shape index (κ1) is 22.0. The molecule has 0 unspecified atom stereocenters. The number of unbranched alkanes of at least 4 members (excludes halogenated alkanes) is 1. The summed E-state index contributed by atoms with van der Waals surface area (Å²) >= 11 is 0. The molecule has 6 heteroatoms. The number of aliphatic hydroxyl groups excluding tert-OH is 1. The number of hydrogen-bond acceptors (Lipinski definition) is 6. The van der Waals surface area contributed by atoms with Crippen molar-refractivity contribution in [1.82, 2.24) is 9.97 Å². The molecule has 0 radical (unpaired) electrons. The minimum Gasteiger partial charge on any atom is -0.496 e. The van der Waals surface area contributed by atoms with E-state index in [0.717, 1.165) is 60.5 Å². The molecular formula is C22H34N4O2. The number of nitrogens with two attached hydrogens (primary N) is 1. The number of nitrogens with zero attached hydrogens (tertiary/aromatic N) is 2. The Hall–Kier alpha value is -2.34. The molecule has 6 nitrogen and oxygen atoms in total. The number of hydrogen-bond donors (Lipinski definition) is 3. The van der Waals surface area contributed by atoms with Crippen LogP contribution >= 0.6 is 0 Å². The predicted molar refractivity (Wildman–Crippen MR) is 115 cm³/mol. The summed E-state index contributed by atoms with van der Waals surface area (Å²) in [7, 11) is 1.69. The average Bonchev–Trinajstić information content (AvgIpc) is 2.69. The fourth-order valence-corrected chi connectivity index (χ4v) is 3.43. The van der Waals surface area contributed by atoms with Crippen LogP contribution in [0.25, 0.3) is 0 Å². The van der Waals surface area contributed by atoms with Gasteiger partial charge in [0.15, 0.2) is 0 Å². The Labute approximate surface area is 168 Å². The Morgan fingerprint density at radius 3 is 2.61 bits per heavy atom. The van der Waals surface area contributed by atoms with Crippen molar-refractivity contribution < 1.29 is 9.84 Å². The van der Waals surface area contributed by atoms with E-state index in [1.807, 2.05) is 18.2 Å². The molecule has 4 N–H and O–H groups in total. The first-order valence-electron chi connectivity index (χ1n) is 10.3. The maximum atomic E-state index is 9.47. The number of ether oxygens (including phenoxy) is 1. The van der Waals surface area contributed by atoms with Gasteiger partial charge in [0.1, 0.15) is 11.6 Å². The number of nitrogen functional groups attached to an aromatic ring is 1. The van der Waals surface area contributed by atoms with Gasteiger partial charge in [-0.25, -0.2) is 4.98 Å². The highest BCUT2D eigenvalue weighted by atomic mass is 16.5. The molecule has 0 aliphatic heterocycles. The highest BCUT2D eigenvalue weighted by Crippen LogP contribution is 2.28. The van der Waals surface area contributed by atoms with Crippen LogP contribution in [0.3, 0.4) is 0 Å².